The maximum atomic E-state index is 12.7. The van der Waals surface area contributed by atoms with E-state index in [2.05, 4.69) is 4.98 Å². The molecular formula is C13H9ClFNO. The second kappa shape index (κ2) is 4.63. The monoisotopic (exact) mass is 249 g/mol. The molecule has 2 rings (SSSR count). The molecule has 0 N–H and O–H groups in total. The Bertz CT molecular complexity index is 566. The molecule has 0 aliphatic carbocycles. The highest BCUT2D eigenvalue weighted by atomic mass is 35.5. The second-order valence-electron chi connectivity index (χ2n) is 3.65. The molecule has 1 aromatic heterocycles. The van der Waals surface area contributed by atoms with Crippen LogP contribution in [0.5, 0.6) is 0 Å². The van der Waals surface area contributed by atoms with Crippen molar-refractivity contribution in [2.24, 2.45) is 0 Å². The normalized spacial score (nSPS) is 10.3. The summed E-state index contributed by atoms with van der Waals surface area (Å²) in [5, 5.41) is 0.526. The lowest BCUT2D eigenvalue weighted by molar-refractivity contribution is 0.103. The third-order valence-corrected chi connectivity index (χ3v) is 2.80. The zero-order valence-electron chi connectivity index (χ0n) is 9.08. The van der Waals surface area contributed by atoms with E-state index in [1.165, 1.54) is 12.1 Å². The molecule has 0 saturated heterocycles. The number of nitrogens with zero attached hydrogens (tertiary/aromatic N) is 1. The minimum Gasteiger partial charge on any atom is -0.287 e. The highest BCUT2D eigenvalue weighted by Gasteiger charge is 2.11. The van der Waals surface area contributed by atoms with Crippen LogP contribution >= 0.6 is 11.6 Å². The van der Waals surface area contributed by atoms with E-state index in [4.69, 9.17) is 11.6 Å². The van der Waals surface area contributed by atoms with Crippen molar-refractivity contribution >= 4 is 17.4 Å². The minimum atomic E-state index is -0.469. The highest BCUT2D eigenvalue weighted by molar-refractivity contribution is 6.31. The quantitative estimate of drug-likeness (QED) is 0.764. The van der Waals surface area contributed by atoms with Crippen LogP contribution in [-0.4, -0.2) is 10.8 Å². The van der Waals surface area contributed by atoms with Crippen molar-refractivity contribution < 1.29 is 9.18 Å². The van der Waals surface area contributed by atoms with E-state index in [1.807, 2.05) is 6.92 Å². The number of aryl methyl sites for hydroxylation is 1. The van der Waals surface area contributed by atoms with E-state index in [-0.39, 0.29) is 11.5 Å². The summed E-state index contributed by atoms with van der Waals surface area (Å²) >= 11 is 5.94. The van der Waals surface area contributed by atoms with Crippen LogP contribution in [0.1, 0.15) is 21.6 Å². The maximum Gasteiger partial charge on any atom is 0.211 e. The number of carbonyl (C=O) groups is 1. The molecular weight excluding hydrogens is 241 g/mol. The van der Waals surface area contributed by atoms with Crippen molar-refractivity contribution in [3.8, 4) is 0 Å². The van der Waals surface area contributed by atoms with Crippen molar-refractivity contribution in [1.29, 1.82) is 0 Å². The molecule has 4 heteroatoms. The van der Waals surface area contributed by atoms with Crippen molar-refractivity contribution in [1.82, 2.24) is 4.98 Å². The summed E-state index contributed by atoms with van der Waals surface area (Å²) in [6.45, 7) is 1.85. The van der Waals surface area contributed by atoms with Gasteiger partial charge in [-0.3, -0.25) is 4.79 Å². The summed E-state index contributed by atoms with van der Waals surface area (Å²) in [6, 6.07) is 7.58. The zero-order chi connectivity index (χ0) is 12.4. The number of hydrogen-bond acceptors (Lipinski definition) is 2. The number of rotatable bonds is 2. The first-order valence-electron chi connectivity index (χ1n) is 5.00. The summed E-state index contributed by atoms with van der Waals surface area (Å²) in [5.41, 5.74) is 1.54. The fourth-order valence-corrected chi connectivity index (χ4v) is 1.57. The van der Waals surface area contributed by atoms with Crippen LogP contribution in [0.25, 0.3) is 0 Å². The van der Waals surface area contributed by atoms with E-state index in [0.717, 1.165) is 11.8 Å². The molecule has 17 heavy (non-hydrogen) atoms. The van der Waals surface area contributed by atoms with E-state index in [1.54, 1.807) is 18.2 Å². The van der Waals surface area contributed by atoms with Crippen molar-refractivity contribution in [2.45, 2.75) is 6.92 Å². The lowest BCUT2D eigenvalue weighted by Gasteiger charge is -2.03. The number of halogens is 2. The van der Waals surface area contributed by atoms with Gasteiger partial charge in [0.05, 0.1) is 6.20 Å². The number of aromatic nitrogens is 1. The Morgan fingerprint density at radius 3 is 2.65 bits per heavy atom. The maximum absolute atomic E-state index is 12.7. The Hall–Kier alpha value is -1.74. The first kappa shape index (κ1) is 11.7. The van der Waals surface area contributed by atoms with Gasteiger partial charge in [0.1, 0.15) is 11.5 Å². The molecule has 0 bridgehead atoms. The van der Waals surface area contributed by atoms with Crippen LogP contribution in [0, 0.1) is 12.7 Å². The standard InChI is InChI=1S/C13H9ClFNO/c1-8-2-3-9(6-11(8)14)13(17)12-5-4-10(15)7-16-12/h2-7H,1H3. The van der Waals surface area contributed by atoms with Gasteiger partial charge in [-0.1, -0.05) is 23.7 Å². The second-order valence-corrected chi connectivity index (χ2v) is 4.06. The Kier molecular flexibility index (Phi) is 3.20. The predicted molar refractivity (Wildman–Crippen MR) is 63.8 cm³/mol. The summed E-state index contributed by atoms with van der Waals surface area (Å²) in [4.78, 5) is 15.7. The molecule has 1 aromatic carbocycles. The topological polar surface area (TPSA) is 30.0 Å². The molecule has 0 saturated carbocycles. The van der Waals surface area contributed by atoms with Crippen LogP contribution in [-0.2, 0) is 0 Å². The fourth-order valence-electron chi connectivity index (χ4n) is 1.39. The third kappa shape index (κ3) is 2.50. The number of hydrogen-bond donors (Lipinski definition) is 0. The summed E-state index contributed by atoms with van der Waals surface area (Å²) < 4.78 is 12.7. The Balaban J connectivity index is 2.37. The van der Waals surface area contributed by atoms with Crippen molar-refractivity contribution in [3.63, 3.8) is 0 Å². The molecule has 2 aromatic rings. The number of carbonyl (C=O) groups excluding carboxylic acids is 1. The Morgan fingerprint density at radius 1 is 1.29 bits per heavy atom. The van der Waals surface area contributed by atoms with Crippen LogP contribution in [0.2, 0.25) is 5.02 Å². The van der Waals surface area contributed by atoms with E-state index in [9.17, 15) is 9.18 Å². The van der Waals surface area contributed by atoms with Crippen LogP contribution in [0.15, 0.2) is 36.5 Å². The third-order valence-electron chi connectivity index (χ3n) is 2.39. The van der Waals surface area contributed by atoms with E-state index in [0.29, 0.717) is 10.6 Å². The van der Waals surface area contributed by atoms with Gasteiger partial charge < -0.3 is 0 Å². The highest BCUT2D eigenvalue weighted by Crippen LogP contribution is 2.18. The van der Waals surface area contributed by atoms with Gasteiger partial charge in [0, 0.05) is 10.6 Å². The lowest BCUT2D eigenvalue weighted by atomic mass is 10.1. The van der Waals surface area contributed by atoms with Crippen molar-refractivity contribution in [3.05, 3.63) is 64.2 Å². The average Bonchev–Trinajstić information content (AvgIpc) is 2.33. The van der Waals surface area contributed by atoms with Gasteiger partial charge in [-0.05, 0) is 30.7 Å². The molecule has 0 aliphatic rings. The van der Waals surface area contributed by atoms with Gasteiger partial charge >= 0.3 is 0 Å². The van der Waals surface area contributed by atoms with Gasteiger partial charge in [-0.2, -0.15) is 0 Å². The van der Waals surface area contributed by atoms with Crippen molar-refractivity contribution in [2.75, 3.05) is 0 Å². The largest absolute Gasteiger partial charge is 0.287 e. The van der Waals surface area contributed by atoms with Gasteiger partial charge in [0.2, 0.25) is 5.78 Å². The molecule has 0 fully saturated rings. The van der Waals surface area contributed by atoms with Crippen LogP contribution < -0.4 is 0 Å². The van der Waals surface area contributed by atoms with E-state index < -0.39 is 5.82 Å². The average molecular weight is 250 g/mol. The molecule has 1 heterocycles. The minimum absolute atomic E-state index is 0.200. The van der Waals surface area contributed by atoms with Crippen LogP contribution in [0.4, 0.5) is 4.39 Å². The lowest BCUT2D eigenvalue weighted by Crippen LogP contribution is -2.04. The number of benzene rings is 1. The predicted octanol–water partition coefficient (Wildman–Crippen LogP) is 3.41. The Labute approximate surface area is 103 Å². The molecule has 0 unspecified atom stereocenters. The van der Waals surface area contributed by atoms with E-state index >= 15 is 0 Å². The molecule has 0 atom stereocenters. The van der Waals surface area contributed by atoms with Gasteiger partial charge in [-0.25, -0.2) is 9.37 Å². The summed E-state index contributed by atoms with van der Waals surface area (Å²) in [6.07, 6.45) is 1.02. The number of pyridine rings is 1. The first-order chi connectivity index (χ1) is 8.08. The Morgan fingerprint density at radius 2 is 2.06 bits per heavy atom. The fraction of sp³-hybridized carbons (Fsp3) is 0.0769. The summed E-state index contributed by atoms with van der Waals surface area (Å²) in [5.74, 6) is -0.740. The van der Waals surface area contributed by atoms with Crippen LogP contribution in [0.3, 0.4) is 0 Å². The van der Waals surface area contributed by atoms with Gasteiger partial charge in [0.25, 0.3) is 0 Å². The summed E-state index contributed by atoms with van der Waals surface area (Å²) in [7, 11) is 0. The first-order valence-corrected chi connectivity index (χ1v) is 5.38. The smallest absolute Gasteiger partial charge is 0.211 e. The SMILES string of the molecule is Cc1ccc(C(=O)c2ccc(F)cn2)cc1Cl. The molecule has 86 valence electrons. The zero-order valence-corrected chi connectivity index (χ0v) is 9.83. The molecule has 0 aliphatic heterocycles. The molecule has 0 amide bonds. The molecule has 0 spiro atoms. The van der Waals surface area contributed by atoms with Gasteiger partial charge in [-0.15, -0.1) is 0 Å². The molecule has 2 nitrogen and oxygen atoms in total. The number of ketones is 1. The van der Waals surface area contributed by atoms with Gasteiger partial charge in [0.15, 0.2) is 0 Å². The molecule has 0 radical (unpaired) electrons.